The number of hydrazine groups is 1. The lowest BCUT2D eigenvalue weighted by atomic mass is 10.1. The number of benzene rings is 1. The van der Waals surface area contributed by atoms with Crippen LogP contribution in [0.25, 0.3) is 11.0 Å². The van der Waals surface area contributed by atoms with E-state index in [-0.39, 0.29) is 21.6 Å². The fraction of sp³-hybridized carbons (Fsp3) is 0.125. The quantitative estimate of drug-likeness (QED) is 0.444. The molecule has 0 atom stereocenters. The number of hydrogen-bond acceptors (Lipinski definition) is 2. The smallest absolute Gasteiger partial charge is 0.335 e. The Morgan fingerprint density at radius 3 is 2.69 bits per heavy atom. The van der Waals surface area contributed by atoms with Gasteiger partial charge in [-0.05, 0) is 6.07 Å². The van der Waals surface area contributed by atoms with Gasteiger partial charge in [-0.1, -0.05) is 0 Å². The van der Waals surface area contributed by atoms with E-state index in [1.54, 1.807) is 0 Å². The molecule has 0 saturated heterocycles. The second-order valence-corrected chi connectivity index (χ2v) is 3.06. The molecule has 0 aliphatic rings. The van der Waals surface area contributed by atoms with Crippen molar-refractivity contribution in [1.82, 2.24) is 9.97 Å². The van der Waals surface area contributed by atoms with Crippen LogP contribution in [0.2, 0.25) is 0 Å². The summed E-state index contributed by atoms with van der Waals surface area (Å²) in [7, 11) is 0. The van der Waals surface area contributed by atoms with Crippen molar-refractivity contribution in [2.24, 2.45) is 5.84 Å². The molecular formula is C8H5F3N4O+. The Morgan fingerprint density at radius 2 is 2.12 bits per heavy atom. The third-order valence-electron chi connectivity index (χ3n) is 2.01. The second kappa shape index (κ2) is 3.19. The van der Waals surface area contributed by atoms with E-state index in [1.165, 1.54) is 0 Å². The van der Waals surface area contributed by atoms with Crippen molar-refractivity contribution in [1.29, 1.82) is 0 Å². The van der Waals surface area contributed by atoms with Gasteiger partial charge in [-0.25, -0.2) is 4.98 Å². The van der Waals surface area contributed by atoms with Crippen LogP contribution in [-0.2, 0) is 6.18 Å². The summed E-state index contributed by atoms with van der Waals surface area (Å²) in [5, 5.41) is 0. The number of rotatable bonds is 1. The monoisotopic (exact) mass is 230 g/mol. The van der Waals surface area contributed by atoms with E-state index in [9.17, 15) is 18.1 Å². The Labute approximate surface area is 86.6 Å². The number of halogens is 3. The molecule has 3 N–H and O–H groups in total. The third-order valence-corrected chi connectivity index (χ3v) is 2.01. The van der Waals surface area contributed by atoms with Gasteiger partial charge in [0.25, 0.3) is 0 Å². The molecule has 0 bridgehead atoms. The molecule has 0 aliphatic heterocycles. The molecule has 0 spiro atoms. The van der Waals surface area contributed by atoms with Crippen molar-refractivity contribution in [2.45, 2.75) is 6.18 Å². The Balaban J connectivity index is 2.76. The van der Waals surface area contributed by atoms with Gasteiger partial charge >= 0.3 is 11.9 Å². The van der Waals surface area contributed by atoms with E-state index in [4.69, 9.17) is 5.84 Å². The molecule has 1 aromatic heterocycles. The summed E-state index contributed by atoms with van der Waals surface area (Å²) in [4.78, 5) is 16.7. The number of nitrogens with zero attached hydrogens (tertiary/aromatic N) is 2. The van der Waals surface area contributed by atoms with Gasteiger partial charge in [-0.3, -0.25) is 0 Å². The summed E-state index contributed by atoms with van der Waals surface area (Å²) in [6, 6.07) is 1.48. The van der Waals surface area contributed by atoms with Crippen LogP contribution < -0.4 is 5.84 Å². The molecule has 0 fully saturated rings. The van der Waals surface area contributed by atoms with Crippen LogP contribution in [0.5, 0.6) is 0 Å². The van der Waals surface area contributed by atoms with Crippen LogP contribution in [0.4, 0.5) is 18.9 Å². The minimum absolute atomic E-state index is 0.0468. The van der Waals surface area contributed by atoms with Crippen LogP contribution >= 0.6 is 0 Å². The van der Waals surface area contributed by atoms with Gasteiger partial charge in [0.2, 0.25) is 0 Å². The number of nitroso groups, excluding NO2 is 1. The highest BCUT2D eigenvalue weighted by atomic mass is 19.4. The van der Waals surface area contributed by atoms with Gasteiger partial charge in [0, 0.05) is 6.07 Å². The zero-order chi connectivity index (χ0) is 11.9. The molecule has 0 saturated carbocycles. The molecule has 2 aromatic rings. The minimum atomic E-state index is -4.55. The Morgan fingerprint density at radius 1 is 1.44 bits per heavy atom. The van der Waals surface area contributed by atoms with E-state index in [0.29, 0.717) is 6.07 Å². The lowest BCUT2D eigenvalue weighted by Crippen LogP contribution is -2.12. The standard InChI is InChI=1S/C8H5F3N4O/c9-8(10,11)4-1-5-7(14-3-13-5)6(2-4)15(12)16/h1-2H,(H2,12,16)(H,13,14)/q+1. The molecule has 0 unspecified atom stereocenters. The second-order valence-electron chi connectivity index (χ2n) is 3.06. The molecule has 83 valence electrons. The van der Waals surface area contributed by atoms with Crippen LogP contribution in [0.3, 0.4) is 0 Å². The maximum Gasteiger partial charge on any atom is 0.416 e. The zero-order valence-electron chi connectivity index (χ0n) is 7.67. The molecule has 0 amide bonds. The number of imidazole rings is 1. The van der Waals surface area contributed by atoms with Crippen molar-refractivity contribution in [3.63, 3.8) is 0 Å². The predicted octanol–water partition coefficient (Wildman–Crippen LogP) is 1.67. The number of hydrogen-bond donors (Lipinski definition) is 2. The first-order valence-corrected chi connectivity index (χ1v) is 4.08. The topological polar surface area (TPSA) is 74.8 Å². The molecule has 1 radical (unpaired) electrons. The summed E-state index contributed by atoms with van der Waals surface area (Å²) in [5.74, 6) is 4.89. The molecule has 8 heteroatoms. The number of alkyl halides is 3. The fourth-order valence-electron chi connectivity index (χ4n) is 1.31. The summed E-state index contributed by atoms with van der Waals surface area (Å²) in [6.45, 7) is 0. The van der Waals surface area contributed by atoms with Crippen molar-refractivity contribution in [3.05, 3.63) is 28.9 Å². The Kier molecular flexibility index (Phi) is 2.07. The SMILES string of the molecule is N[N+](=O)c1cc(C(F)(F)F)cc2[nH][c]nc12. The molecule has 16 heavy (non-hydrogen) atoms. The van der Waals surface area contributed by atoms with E-state index < -0.39 is 11.7 Å². The van der Waals surface area contributed by atoms with Gasteiger partial charge in [0.05, 0.1) is 16.0 Å². The summed E-state index contributed by atoms with van der Waals surface area (Å²) in [6.07, 6.45) is -2.30. The van der Waals surface area contributed by atoms with Crippen LogP contribution in [0.1, 0.15) is 5.56 Å². The highest BCUT2D eigenvalue weighted by Gasteiger charge is 2.34. The number of aromatic amines is 1. The zero-order valence-corrected chi connectivity index (χ0v) is 7.67. The molecule has 2 rings (SSSR count). The summed E-state index contributed by atoms with van der Waals surface area (Å²) in [5.41, 5.74) is -1.23. The lowest BCUT2D eigenvalue weighted by molar-refractivity contribution is -0.473. The lowest BCUT2D eigenvalue weighted by Gasteiger charge is -2.05. The number of nitrogens with two attached hydrogens (primary N) is 1. The van der Waals surface area contributed by atoms with Gasteiger partial charge in [0.15, 0.2) is 16.7 Å². The molecule has 1 aromatic carbocycles. The maximum atomic E-state index is 12.5. The van der Waals surface area contributed by atoms with Gasteiger partial charge < -0.3 is 4.98 Å². The number of fused-ring (bicyclic) bond motifs is 1. The van der Waals surface area contributed by atoms with Crippen molar-refractivity contribution >= 4 is 16.7 Å². The average molecular weight is 230 g/mol. The first-order chi connectivity index (χ1) is 7.39. The summed E-state index contributed by atoms with van der Waals surface area (Å²) >= 11 is 0. The average Bonchev–Trinajstić information content (AvgIpc) is 2.61. The van der Waals surface area contributed by atoms with Gasteiger partial charge in [-0.15, -0.1) is 0 Å². The van der Waals surface area contributed by atoms with Crippen LogP contribution in [0, 0.1) is 11.2 Å². The highest BCUT2D eigenvalue weighted by molar-refractivity contribution is 5.84. The Hall–Kier alpha value is -2.12. The normalized spacial score (nSPS) is 11.9. The molecule has 1 heterocycles. The predicted molar refractivity (Wildman–Crippen MR) is 47.4 cm³/mol. The molecule has 5 nitrogen and oxygen atoms in total. The third kappa shape index (κ3) is 1.58. The molecular weight excluding hydrogens is 225 g/mol. The maximum absolute atomic E-state index is 12.5. The summed E-state index contributed by atoms with van der Waals surface area (Å²) < 4.78 is 37.4. The fourth-order valence-corrected chi connectivity index (χ4v) is 1.31. The minimum Gasteiger partial charge on any atom is -0.335 e. The van der Waals surface area contributed by atoms with Gasteiger partial charge in [0.1, 0.15) is 0 Å². The molecule has 0 aliphatic carbocycles. The van der Waals surface area contributed by atoms with E-state index in [2.05, 4.69) is 16.3 Å². The van der Waals surface area contributed by atoms with Crippen LogP contribution in [0.15, 0.2) is 12.1 Å². The van der Waals surface area contributed by atoms with E-state index in [1.807, 2.05) is 0 Å². The first-order valence-electron chi connectivity index (χ1n) is 4.08. The van der Waals surface area contributed by atoms with E-state index in [0.717, 1.165) is 6.07 Å². The number of H-pyrrole nitrogens is 1. The van der Waals surface area contributed by atoms with Crippen LogP contribution in [-0.4, -0.2) is 14.8 Å². The first kappa shape index (κ1) is 10.4. The van der Waals surface area contributed by atoms with E-state index >= 15 is 0 Å². The van der Waals surface area contributed by atoms with Crippen molar-refractivity contribution in [3.8, 4) is 0 Å². The van der Waals surface area contributed by atoms with Gasteiger partial charge in [-0.2, -0.15) is 19.0 Å². The number of nitrogens with one attached hydrogen (secondary N) is 1. The largest absolute Gasteiger partial charge is 0.416 e. The Bertz CT molecular complexity index is 560. The highest BCUT2D eigenvalue weighted by Crippen LogP contribution is 2.34. The van der Waals surface area contributed by atoms with Crippen molar-refractivity contribution in [2.75, 3.05) is 0 Å². The van der Waals surface area contributed by atoms with Crippen molar-refractivity contribution < 1.29 is 18.0 Å². The number of aromatic nitrogens is 2.